The fourth-order valence-electron chi connectivity index (χ4n) is 3.19. The molecule has 2 aromatic heterocycles. The lowest BCUT2D eigenvalue weighted by atomic mass is 9.90. The first kappa shape index (κ1) is 15.7. The molecule has 0 spiro atoms. The molecule has 0 saturated heterocycles. The van der Waals surface area contributed by atoms with Crippen LogP contribution in [0, 0.1) is 5.92 Å². The molecule has 0 saturated carbocycles. The van der Waals surface area contributed by atoms with Gasteiger partial charge in [0.2, 0.25) is 0 Å². The van der Waals surface area contributed by atoms with Crippen molar-refractivity contribution < 1.29 is 5.11 Å². The lowest BCUT2D eigenvalue weighted by Crippen LogP contribution is -2.34. The van der Waals surface area contributed by atoms with Gasteiger partial charge in [-0.25, -0.2) is 9.97 Å². The topological polar surface area (TPSA) is 77.0 Å². The van der Waals surface area contributed by atoms with Crippen LogP contribution in [0.2, 0.25) is 0 Å². The zero-order valence-electron chi connectivity index (χ0n) is 14.1. The number of imidazole rings is 1. The number of aliphatic hydroxyl groups is 1. The van der Waals surface area contributed by atoms with Gasteiger partial charge in [-0.1, -0.05) is 32.0 Å². The highest BCUT2D eigenvalue weighted by molar-refractivity contribution is 6.06. The van der Waals surface area contributed by atoms with Crippen molar-refractivity contribution in [3.05, 3.63) is 30.6 Å². The van der Waals surface area contributed by atoms with Gasteiger partial charge in [0.15, 0.2) is 5.82 Å². The van der Waals surface area contributed by atoms with Gasteiger partial charge in [-0.3, -0.25) is 0 Å². The second kappa shape index (κ2) is 5.49. The maximum absolute atomic E-state index is 10.7. The van der Waals surface area contributed by atoms with Crippen molar-refractivity contribution in [2.75, 3.05) is 5.73 Å². The van der Waals surface area contributed by atoms with E-state index in [1.165, 1.54) is 0 Å². The molecule has 5 heteroatoms. The normalized spacial score (nSPS) is 14.0. The lowest BCUT2D eigenvalue weighted by molar-refractivity contribution is 0.0160. The van der Waals surface area contributed by atoms with E-state index in [4.69, 9.17) is 5.73 Å². The number of fused-ring (bicyclic) bond motifs is 3. The fraction of sp³-hybridized carbons (Fsp3) is 0.444. The summed E-state index contributed by atoms with van der Waals surface area (Å²) in [7, 11) is 0. The Kier molecular flexibility index (Phi) is 3.76. The predicted molar refractivity (Wildman–Crippen MR) is 94.2 cm³/mol. The van der Waals surface area contributed by atoms with Crippen molar-refractivity contribution in [1.29, 1.82) is 0 Å². The second-order valence-electron chi connectivity index (χ2n) is 7.16. The van der Waals surface area contributed by atoms with Crippen LogP contribution < -0.4 is 5.73 Å². The number of aromatic nitrogens is 3. The van der Waals surface area contributed by atoms with E-state index in [0.717, 1.165) is 22.8 Å². The molecule has 1 atom stereocenters. The van der Waals surface area contributed by atoms with Crippen LogP contribution in [0.15, 0.2) is 30.6 Å². The number of para-hydroxylation sites is 1. The number of pyridine rings is 1. The van der Waals surface area contributed by atoms with Crippen LogP contribution in [0.5, 0.6) is 0 Å². The number of benzene rings is 1. The van der Waals surface area contributed by atoms with E-state index in [1.807, 2.05) is 38.1 Å². The number of hydrogen-bond donors (Lipinski definition) is 2. The smallest absolute Gasteiger partial charge is 0.152 e. The van der Waals surface area contributed by atoms with Gasteiger partial charge in [0, 0.05) is 5.39 Å². The Hall–Kier alpha value is -2.14. The van der Waals surface area contributed by atoms with Gasteiger partial charge in [-0.2, -0.15) is 0 Å². The summed E-state index contributed by atoms with van der Waals surface area (Å²) >= 11 is 0. The monoisotopic (exact) mass is 312 g/mol. The van der Waals surface area contributed by atoms with Gasteiger partial charge in [-0.15, -0.1) is 0 Å². The molecule has 0 radical (unpaired) electrons. The average molecular weight is 312 g/mol. The van der Waals surface area contributed by atoms with E-state index in [2.05, 4.69) is 28.4 Å². The van der Waals surface area contributed by atoms with E-state index in [9.17, 15) is 5.11 Å². The van der Waals surface area contributed by atoms with Crippen LogP contribution in [0.25, 0.3) is 21.9 Å². The third-order valence-corrected chi connectivity index (χ3v) is 4.28. The van der Waals surface area contributed by atoms with E-state index in [1.54, 1.807) is 6.33 Å². The molecule has 2 heterocycles. The summed E-state index contributed by atoms with van der Waals surface area (Å²) in [5.74, 6) is 0.880. The molecule has 0 amide bonds. The molecule has 3 rings (SSSR count). The predicted octanol–water partition coefficient (Wildman–Crippen LogP) is 3.52. The number of nitrogens with zero attached hydrogens (tertiary/aromatic N) is 3. The van der Waals surface area contributed by atoms with Gasteiger partial charge in [-0.05, 0) is 32.3 Å². The third-order valence-electron chi connectivity index (χ3n) is 4.28. The standard InChI is InChI=1S/C18H24N4O/c1-11(2)9-14(18(3,4)23)22-10-20-15-16(22)12-7-5-6-8-13(12)21-17(15)19/h5-8,10-11,14,23H,9H2,1-4H3,(H2,19,21). The highest BCUT2D eigenvalue weighted by atomic mass is 16.3. The van der Waals surface area contributed by atoms with Gasteiger partial charge in [0.1, 0.15) is 5.52 Å². The summed E-state index contributed by atoms with van der Waals surface area (Å²) in [5.41, 5.74) is 7.72. The first-order valence-corrected chi connectivity index (χ1v) is 8.02. The largest absolute Gasteiger partial charge is 0.388 e. The molecule has 0 aliphatic rings. The maximum Gasteiger partial charge on any atom is 0.152 e. The van der Waals surface area contributed by atoms with Crippen LogP contribution in [0.4, 0.5) is 5.82 Å². The summed E-state index contributed by atoms with van der Waals surface area (Å²) in [6.45, 7) is 8.01. The highest BCUT2D eigenvalue weighted by Gasteiger charge is 2.31. The van der Waals surface area contributed by atoms with Crippen molar-refractivity contribution in [1.82, 2.24) is 14.5 Å². The van der Waals surface area contributed by atoms with Crippen molar-refractivity contribution in [2.24, 2.45) is 5.92 Å². The molecule has 1 aromatic carbocycles. The summed E-state index contributed by atoms with van der Waals surface area (Å²) in [4.78, 5) is 8.91. The summed E-state index contributed by atoms with van der Waals surface area (Å²) < 4.78 is 2.07. The number of nitrogens with two attached hydrogens (primary N) is 1. The van der Waals surface area contributed by atoms with Gasteiger partial charge >= 0.3 is 0 Å². The number of hydrogen-bond acceptors (Lipinski definition) is 4. The van der Waals surface area contributed by atoms with Crippen LogP contribution in [0.3, 0.4) is 0 Å². The maximum atomic E-state index is 10.7. The molecule has 0 aliphatic carbocycles. The molecule has 0 aliphatic heterocycles. The number of rotatable bonds is 4. The van der Waals surface area contributed by atoms with Crippen molar-refractivity contribution in [3.63, 3.8) is 0 Å². The second-order valence-corrected chi connectivity index (χ2v) is 7.16. The molecule has 0 bridgehead atoms. The number of anilines is 1. The van der Waals surface area contributed by atoms with E-state index in [-0.39, 0.29) is 6.04 Å². The Morgan fingerprint density at radius 3 is 2.61 bits per heavy atom. The summed E-state index contributed by atoms with van der Waals surface area (Å²) in [6.07, 6.45) is 2.63. The summed E-state index contributed by atoms with van der Waals surface area (Å²) in [5, 5.41) is 11.7. The summed E-state index contributed by atoms with van der Waals surface area (Å²) in [6, 6.07) is 7.82. The Morgan fingerprint density at radius 1 is 1.26 bits per heavy atom. The molecule has 3 N–H and O–H groups in total. The van der Waals surface area contributed by atoms with Crippen molar-refractivity contribution in [2.45, 2.75) is 45.8 Å². The molecule has 122 valence electrons. The quantitative estimate of drug-likeness (QED) is 0.772. The molecular weight excluding hydrogens is 288 g/mol. The zero-order valence-corrected chi connectivity index (χ0v) is 14.1. The Bertz CT molecular complexity index is 845. The first-order chi connectivity index (χ1) is 10.8. The Morgan fingerprint density at radius 2 is 1.96 bits per heavy atom. The van der Waals surface area contributed by atoms with Gasteiger partial charge < -0.3 is 15.4 Å². The van der Waals surface area contributed by atoms with E-state index < -0.39 is 5.60 Å². The zero-order chi connectivity index (χ0) is 16.8. The van der Waals surface area contributed by atoms with Crippen molar-refractivity contribution in [3.8, 4) is 0 Å². The molecule has 1 unspecified atom stereocenters. The fourth-order valence-corrected chi connectivity index (χ4v) is 3.19. The van der Waals surface area contributed by atoms with Crippen molar-refractivity contribution >= 4 is 27.8 Å². The third kappa shape index (κ3) is 2.77. The van der Waals surface area contributed by atoms with Crippen LogP contribution in [-0.4, -0.2) is 25.2 Å². The van der Waals surface area contributed by atoms with Gasteiger partial charge in [0.25, 0.3) is 0 Å². The highest BCUT2D eigenvalue weighted by Crippen LogP contribution is 2.35. The molecule has 0 fully saturated rings. The minimum Gasteiger partial charge on any atom is -0.388 e. The molecule has 5 nitrogen and oxygen atoms in total. The van der Waals surface area contributed by atoms with Gasteiger partial charge in [0.05, 0.1) is 29.0 Å². The van der Waals surface area contributed by atoms with E-state index >= 15 is 0 Å². The van der Waals surface area contributed by atoms with Crippen LogP contribution >= 0.6 is 0 Å². The SMILES string of the molecule is CC(C)CC(n1cnc2c(N)nc3ccccc3c21)C(C)(C)O. The number of nitrogen functional groups attached to an aromatic ring is 1. The Balaban J connectivity index is 2.32. The lowest BCUT2D eigenvalue weighted by Gasteiger charge is -2.32. The molecule has 23 heavy (non-hydrogen) atoms. The first-order valence-electron chi connectivity index (χ1n) is 8.02. The Labute approximate surface area is 136 Å². The van der Waals surface area contributed by atoms with Crippen LogP contribution in [0.1, 0.15) is 40.2 Å². The molecule has 3 aromatic rings. The average Bonchev–Trinajstić information content (AvgIpc) is 2.89. The van der Waals surface area contributed by atoms with Crippen LogP contribution in [-0.2, 0) is 0 Å². The molecular formula is C18H24N4O. The van der Waals surface area contributed by atoms with E-state index in [0.29, 0.717) is 17.3 Å². The minimum absolute atomic E-state index is 0.0855. The minimum atomic E-state index is -0.864.